The largest absolute Gasteiger partial charge is 0.472 e. The van der Waals surface area contributed by atoms with Gasteiger partial charge in [-0.15, -0.1) is 0 Å². The van der Waals surface area contributed by atoms with E-state index in [4.69, 9.17) is 9.15 Å². The number of hydrogen-bond donors (Lipinski definition) is 1. The second kappa shape index (κ2) is 7.68. The Morgan fingerprint density at radius 2 is 2.08 bits per heavy atom. The molecule has 2 aromatic heterocycles. The molecular weight excluding hydrogens is 330 g/mol. The summed E-state index contributed by atoms with van der Waals surface area (Å²) in [5.41, 5.74) is 3.31. The molecule has 1 aliphatic heterocycles. The smallest absolute Gasteiger partial charge is 0.251 e. The number of rotatable bonds is 4. The van der Waals surface area contributed by atoms with E-state index in [0.717, 1.165) is 56.0 Å². The lowest BCUT2D eigenvalue weighted by Crippen LogP contribution is -2.26. The first-order valence-corrected chi connectivity index (χ1v) is 8.82. The third-order valence-corrected chi connectivity index (χ3v) is 4.54. The van der Waals surface area contributed by atoms with Gasteiger partial charge in [0.05, 0.1) is 24.8 Å². The van der Waals surface area contributed by atoms with Crippen LogP contribution in [0, 0.1) is 0 Å². The van der Waals surface area contributed by atoms with Gasteiger partial charge in [0, 0.05) is 43.4 Å². The Balaban J connectivity index is 1.69. The summed E-state index contributed by atoms with van der Waals surface area (Å²) in [5.74, 6) is 0.579. The summed E-state index contributed by atoms with van der Waals surface area (Å²) in [6.07, 6.45) is 4.20. The SMILES string of the molecule is O=c1cc(-c2ccoc2)nc(-c2ccccc2CN2CCCOCC2)[nH]1. The van der Waals surface area contributed by atoms with Crippen LogP contribution in [0.1, 0.15) is 12.0 Å². The molecule has 0 atom stereocenters. The maximum absolute atomic E-state index is 12.2. The Hall–Kier alpha value is -2.70. The van der Waals surface area contributed by atoms with Crippen LogP contribution in [0.25, 0.3) is 22.6 Å². The van der Waals surface area contributed by atoms with Gasteiger partial charge in [-0.25, -0.2) is 4.98 Å². The van der Waals surface area contributed by atoms with Gasteiger partial charge in [-0.2, -0.15) is 0 Å². The predicted octanol–water partition coefficient (Wildman–Crippen LogP) is 2.92. The van der Waals surface area contributed by atoms with E-state index in [1.54, 1.807) is 18.6 Å². The minimum Gasteiger partial charge on any atom is -0.472 e. The molecule has 1 fully saturated rings. The molecule has 3 heterocycles. The summed E-state index contributed by atoms with van der Waals surface area (Å²) in [7, 11) is 0. The first-order chi connectivity index (χ1) is 12.8. The molecule has 6 heteroatoms. The standard InChI is InChI=1S/C20H21N3O3/c24-19-12-18(16-6-10-26-14-16)21-20(22-19)17-5-2-1-4-15(17)13-23-7-3-9-25-11-8-23/h1-2,4-6,10,12,14H,3,7-9,11,13H2,(H,21,22,24). The second-order valence-electron chi connectivity index (χ2n) is 6.39. The molecule has 6 nitrogen and oxygen atoms in total. The second-order valence-corrected chi connectivity index (χ2v) is 6.39. The van der Waals surface area contributed by atoms with Gasteiger partial charge in [-0.1, -0.05) is 24.3 Å². The summed E-state index contributed by atoms with van der Waals surface area (Å²) in [4.78, 5) is 22.1. The van der Waals surface area contributed by atoms with E-state index in [2.05, 4.69) is 20.9 Å². The molecule has 0 amide bonds. The van der Waals surface area contributed by atoms with Crippen molar-refractivity contribution in [3.8, 4) is 22.6 Å². The van der Waals surface area contributed by atoms with E-state index in [9.17, 15) is 4.79 Å². The lowest BCUT2D eigenvalue weighted by molar-refractivity contribution is 0.140. The Morgan fingerprint density at radius 1 is 1.15 bits per heavy atom. The number of ether oxygens (including phenoxy) is 1. The van der Waals surface area contributed by atoms with Crippen molar-refractivity contribution in [1.82, 2.24) is 14.9 Å². The first-order valence-electron chi connectivity index (χ1n) is 8.82. The van der Waals surface area contributed by atoms with Crippen molar-refractivity contribution >= 4 is 0 Å². The summed E-state index contributed by atoms with van der Waals surface area (Å²) in [6, 6.07) is 11.4. The van der Waals surface area contributed by atoms with Crippen molar-refractivity contribution in [3.05, 3.63) is 64.8 Å². The van der Waals surface area contributed by atoms with Gasteiger partial charge in [0.1, 0.15) is 5.82 Å². The first kappa shape index (κ1) is 16.8. The molecule has 26 heavy (non-hydrogen) atoms. The molecular formula is C20H21N3O3. The maximum Gasteiger partial charge on any atom is 0.251 e. The van der Waals surface area contributed by atoms with Gasteiger partial charge in [0.25, 0.3) is 5.56 Å². The Bertz CT molecular complexity index is 910. The number of furan rings is 1. The van der Waals surface area contributed by atoms with Crippen molar-refractivity contribution in [2.45, 2.75) is 13.0 Å². The Labute approximate surface area is 151 Å². The normalized spacial score (nSPS) is 15.7. The number of aromatic amines is 1. The van der Waals surface area contributed by atoms with Crippen LogP contribution in [-0.2, 0) is 11.3 Å². The van der Waals surface area contributed by atoms with Crippen LogP contribution in [0.2, 0.25) is 0 Å². The van der Waals surface area contributed by atoms with Gasteiger partial charge in [-0.05, 0) is 18.1 Å². The molecule has 0 radical (unpaired) electrons. The lowest BCUT2D eigenvalue weighted by Gasteiger charge is -2.20. The van der Waals surface area contributed by atoms with Gasteiger partial charge >= 0.3 is 0 Å². The minimum atomic E-state index is -0.177. The van der Waals surface area contributed by atoms with E-state index in [1.807, 2.05) is 18.2 Å². The highest BCUT2D eigenvalue weighted by Gasteiger charge is 2.14. The molecule has 0 bridgehead atoms. The van der Waals surface area contributed by atoms with Gasteiger partial charge in [0.2, 0.25) is 0 Å². The molecule has 0 unspecified atom stereocenters. The van der Waals surface area contributed by atoms with Crippen molar-refractivity contribution in [1.29, 1.82) is 0 Å². The zero-order chi connectivity index (χ0) is 17.8. The number of nitrogens with zero attached hydrogens (tertiary/aromatic N) is 2. The van der Waals surface area contributed by atoms with Crippen molar-refractivity contribution in [2.24, 2.45) is 0 Å². The monoisotopic (exact) mass is 351 g/mol. The molecule has 1 saturated heterocycles. The number of aromatic nitrogens is 2. The molecule has 3 aromatic rings. The van der Waals surface area contributed by atoms with Crippen molar-refractivity contribution in [3.63, 3.8) is 0 Å². The van der Waals surface area contributed by atoms with Crippen LogP contribution in [0.15, 0.2) is 58.1 Å². The van der Waals surface area contributed by atoms with Gasteiger partial charge in [0.15, 0.2) is 0 Å². The quantitative estimate of drug-likeness (QED) is 0.782. The number of benzene rings is 1. The molecule has 1 aliphatic rings. The molecule has 134 valence electrons. The minimum absolute atomic E-state index is 0.177. The number of hydrogen-bond acceptors (Lipinski definition) is 5. The van der Waals surface area contributed by atoms with Crippen LogP contribution in [0.4, 0.5) is 0 Å². The fraction of sp³-hybridized carbons (Fsp3) is 0.300. The van der Waals surface area contributed by atoms with E-state index >= 15 is 0 Å². The fourth-order valence-corrected chi connectivity index (χ4v) is 3.23. The molecule has 1 N–H and O–H groups in total. The lowest BCUT2D eigenvalue weighted by atomic mass is 10.1. The van der Waals surface area contributed by atoms with Crippen LogP contribution in [-0.4, -0.2) is 41.2 Å². The van der Waals surface area contributed by atoms with Crippen LogP contribution in [0.3, 0.4) is 0 Å². The van der Waals surface area contributed by atoms with Gasteiger partial charge < -0.3 is 14.1 Å². The molecule has 4 rings (SSSR count). The average molecular weight is 351 g/mol. The zero-order valence-corrected chi connectivity index (χ0v) is 14.5. The van der Waals surface area contributed by atoms with E-state index in [-0.39, 0.29) is 5.56 Å². The number of nitrogens with one attached hydrogen (secondary N) is 1. The van der Waals surface area contributed by atoms with Crippen LogP contribution in [0.5, 0.6) is 0 Å². The summed E-state index contributed by atoms with van der Waals surface area (Å²) in [6.45, 7) is 4.30. The highest BCUT2D eigenvalue weighted by Crippen LogP contribution is 2.24. The number of H-pyrrole nitrogens is 1. The Morgan fingerprint density at radius 3 is 2.96 bits per heavy atom. The molecule has 0 saturated carbocycles. The average Bonchev–Trinajstić information content (AvgIpc) is 3.07. The summed E-state index contributed by atoms with van der Waals surface area (Å²) >= 11 is 0. The van der Waals surface area contributed by atoms with Gasteiger partial charge in [-0.3, -0.25) is 9.69 Å². The summed E-state index contributed by atoms with van der Waals surface area (Å²) < 4.78 is 10.7. The fourth-order valence-electron chi connectivity index (χ4n) is 3.23. The van der Waals surface area contributed by atoms with E-state index in [0.29, 0.717) is 11.5 Å². The highest BCUT2D eigenvalue weighted by molar-refractivity contribution is 5.64. The highest BCUT2D eigenvalue weighted by atomic mass is 16.5. The Kier molecular flexibility index (Phi) is 4.95. The molecule has 1 aromatic carbocycles. The molecule has 0 aliphatic carbocycles. The maximum atomic E-state index is 12.2. The topological polar surface area (TPSA) is 71.4 Å². The summed E-state index contributed by atoms with van der Waals surface area (Å²) in [5, 5.41) is 0. The van der Waals surface area contributed by atoms with Crippen molar-refractivity contribution < 1.29 is 9.15 Å². The van der Waals surface area contributed by atoms with E-state index < -0.39 is 0 Å². The van der Waals surface area contributed by atoms with Crippen molar-refractivity contribution in [2.75, 3.05) is 26.3 Å². The van der Waals surface area contributed by atoms with Crippen LogP contribution >= 0.6 is 0 Å². The third-order valence-electron chi connectivity index (χ3n) is 4.54. The molecule has 0 spiro atoms. The zero-order valence-electron chi connectivity index (χ0n) is 14.5. The predicted molar refractivity (Wildman–Crippen MR) is 98.7 cm³/mol. The van der Waals surface area contributed by atoms with E-state index in [1.165, 1.54) is 6.07 Å². The van der Waals surface area contributed by atoms with Crippen LogP contribution < -0.4 is 5.56 Å². The third kappa shape index (κ3) is 3.76.